The molecule has 0 aromatic heterocycles. The molecule has 0 unspecified atom stereocenters. The molecule has 0 bridgehead atoms. The lowest BCUT2D eigenvalue weighted by molar-refractivity contribution is 0.862. The Morgan fingerprint density at radius 3 is 2.12 bits per heavy atom. The number of anilines is 1. The van der Waals surface area contributed by atoms with Gasteiger partial charge < -0.3 is 4.90 Å². The topological polar surface area (TPSA) is 3.24 Å². The highest BCUT2D eigenvalue weighted by Gasteiger charge is 2.42. The normalized spacial score (nSPS) is 16.6. The smallest absolute Gasteiger partial charge is 0.0561 e. The molecule has 1 aliphatic carbocycles. The largest absolute Gasteiger partial charge is 0.372 e. The Morgan fingerprint density at radius 1 is 1.19 bits per heavy atom. The molecule has 1 aliphatic rings. The van der Waals surface area contributed by atoms with Crippen LogP contribution in [0.5, 0.6) is 0 Å². The highest BCUT2D eigenvalue weighted by atomic mass is 15.1. The van der Waals surface area contributed by atoms with E-state index in [0.717, 1.165) is 25.9 Å². The van der Waals surface area contributed by atoms with Crippen LogP contribution >= 0.6 is 0 Å². The van der Waals surface area contributed by atoms with Gasteiger partial charge in [0.1, 0.15) is 0 Å². The fourth-order valence-electron chi connectivity index (χ4n) is 2.22. The van der Waals surface area contributed by atoms with Gasteiger partial charge in [0.2, 0.25) is 0 Å². The van der Waals surface area contributed by atoms with Crippen molar-refractivity contribution in [3.63, 3.8) is 0 Å². The summed E-state index contributed by atoms with van der Waals surface area (Å²) in [7, 11) is 0. The average molecular weight is 213 g/mol. The molecule has 0 aliphatic heterocycles. The fourth-order valence-corrected chi connectivity index (χ4v) is 2.22. The van der Waals surface area contributed by atoms with Gasteiger partial charge in [0, 0.05) is 18.8 Å². The summed E-state index contributed by atoms with van der Waals surface area (Å²) in [5.74, 6) is 2.93. The standard InChI is InChI=1S/C15H19N/c1-4-15(11-12-15)13-7-9-14(10-8-13)16(5-2)6-3/h1,7-10H,5-6,11-12H2,2-3H3. The maximum Gasteiger partial charge on any atom is 0.0561 e. The van der Waals surface area contributed by atoms with E-state index < -0.39 is 0 Å². The van der Waals surface area contributed by atoms with Crippen molar-refractivity contribution >= 4 is 5.69 Å². The van der Waals surface area contributed by atoms with Crippen LogP contribution in [-0.2, 0) is 5.41 Å². The summed E-state index contributed by atoms with van der Waals surface area (Å²) in [5, 5.41) is 0. The monoisotopic (exact) mass is 213 g/mol. The van der Waals surface area contributed by atoms with Crippen molar-refractivity contribution in [3.8, 4) is 12.3 Å². The van der Waals surface area contributed by atoms with E-state index in [1.807, 2.05) is 0 Å². The zero-order chi connectivity index (χ0) is 11.6. The van der Waals surface area contributed by atoms with Crippen molar-refractivity contribution in [2.24, 2.45) is 0 Å². The van der Waals surface area contributed by atoms with Crippen molar-refractivity contribution in [2.45, 2.75) is 32.1 Å². The van der Waals surface area contributed by atoms with Gasteiger partial charge in [0.15, 0.2) is 0 Å². The number of rotatable bonds is 4. The van der Waals surface area contributed by atoms with Crippen molar-refractivity contribution in [1.29, 1.82) is 0 Å². The van der Waals surface area contributed by atoms with Gasteiger partial charge in [-0.25, -0.2) is 0 Å². The second kappa shape index (κ2) is 4.22. The Kier molecular flexibility index (Phi) is 2.92. The van der Waals surface area contributed by atoms with Crippen LogP contribution < -0.4 is 4.90 Å². The van der Waals surface area contributed by atoms with Crippen LogP contribution in [0.4, 0.5) is 5.69 Å². The molecule has 0 saturated heterocycles. The molecule has 1 saturated carbocycles. The average Bonchev–Trinajstić information content (AvgIpc) is 3.12. The summed E-state index contributed by atoms with van der Waals surface area (Å²) in [5.41, 5.74) is 2.68. The van der Waals surface area contributed by atoms with E-state index in [-0.39, 0.29) is 5.41 Å². The Labute approximate surface area is 98.5 Å². The lowest BCUT2D eigenvalue weighted by atomic mass is 9.97. The van der Waals surface area contributed by atoms with Crippen molar-refractivity contribution in [2.75, 3.05) is 18.0 Å². The summed E-state index contributed by atoms with van der Waals surface area (Å²) >= 11 is 0. The maximum atomic E-state index is 5.59. The summed E-state index contributed by atoms with van der Waals surface area (Å²) in [4.78, 5) is 2.35. The molecule has 84 valence electrons. The van der Waals surface area contributed by atoms with E-state index in [9.17, 15) is 0 Å². The first kappa shape index (κ1) is 11.1. The van der Waals surface area contributed by atoms with Crippen LogP contribution in [0.2, 0.25) is 0 Å². The predicted octanol–water partition coefficient (Wildman–Crippen LogP) is 3.20. The van der Waals surface area contributed by atoms with E-state index >= 15 is 0 Å². The van der Waals surface area contributed by atoms with E-state index in [2.05, 4.69) is 48.9 Å². The summed E-state index contributed by atoms with van der Waals surface area (Å²) in [6.45, 7) is 6.47. The van der Waals surface area contributed by atoms with E-state index in [1.54, 1.807) is 0 Å². The minimum absolute atomic E-state index is 0.0712. The molecule has 1 aromatic rings. The first-order valence-corrected chi connectivity index (χ1v) is 6.09. The molecule has 1 nitrogen and oxygen atoms in total. The van der Waals surface area contributed by atoms with Gasteiger partial charge in [-0.15, -0.1) is 6.42 Å². The van der Waals surface area contributed by atoms with E-state index in [0.29, 0.717) is 0 Å². The van der Waals surface area contributed by atoms with Gasteiger partial charge in [0.25, 0.3) is 0 Å². The Hall–Kier alpha value is -1.42. The van der Waals surface area contributed by atoms with Gasteiger partial charge in [-0.2, -0.15) is 0 Å². The predicted molar refractivity (Wildman–Crippen MR) is 69.7 cm³/mol. The summed E-state index contributed by atoms with van der Waals surface area (Å²) in [6.07, 6.45) is 7.88. The van der Waals surface area contributed by atoms with Crippen molar-refractivity contribution in [1.82, 2.24) is 0 Å². The lowest BCUT2D eigenvalue weighted by Gasteiger charge is -2.21. The second-order valence-electron chi connectivity index (χ2n) is 4.45. The maximum absolute atomic E-state index is 5.59. The Morgan fingerprint density at radius 2 is 1.75 bits per heavy atom. The van der Waals surface area contributed by atoms with Gasteiger partial charge >= 0.3 is 0 Å². The first-order valence-electron chi connectivity index (χ1n) is 6.09. The molecule has 0 radical (unpaired) electrons. The number of hydrogen-bond donors (Lipinski definition) is 0. The van der Waals surface area contributed by atoms with Crippen LogP contribution in [0.25, 0.3) is 0 Å². The van der Waals surface area contributed by atoms with Crippen LogP contribution in [0.3, 0.4) is 0 Å². The minimum atomic E-state index is 0.0712. The molecule has 0 N–H and O–H groups in total. The third-order valence-electron chi connectivity index (χ3n) is 3.57. The molecular weight excluding hydrogens is 194 g/mol. The van der Waals surface area contributed by atoms with E-state index in [1.165, 1.54) is 11.3 Å². The Balaban J connectivity index is 2.20. The van der Waals surface area contributed by atoms with Gasteiger partial charge in [-0.1, -0.05) is 18.1 Å². The number of nitrogens with zero attached hydrogens (tertiary/aromatic N) is 1. The molecule has 1 fully saturated rings. The first-order chi connectivity index (χ1) is 7.75. The third kappa shape index (κ3) is 1.80. The molecule has 1 aromatic carbocycles. The molecular formula is C15H19N. The molecule has 0 spiro atoms. The SMILES string of the molecule is C#CC1(c2ccc(N(CC)CC)cc2)CC1. The lowest BCUT2D eigenvalue weighted by Crippen LogP contribution is -2.21. The van der Waals surface area contributed by atoms with Crippen LogP contribution in [0.15, 0.2) is 24.3 Å². The summed E-state index contributed by atoms with van der Waals surface area (Å²) in [6, 6.07) is 8.78. The quantitative estimate of drug-likeness (QED) is 0.694. The zero-order valence-electron chi connectivity index (χ0n) is 10.2. The van der Waals surface area contributed by atoms with Gasteiger partial charge in [-0.05, 0) is 44.4 Å². The molecule has 1 heteroatoms. The van der Waals surface area contributed by atoms with E-state index in [4.69, 9.17) is 6.42 Å². The number of benzene rings is 1. The number of hydrogen-bond acceptors (Lipinski definition) is 1. The highest BCUT2D eigenvalue weighted by molar-refractivity contribution is 5.51. The molecule has 16 heavy (non-hydrogen) atoms. The molecule has 2 rings (SSSR count). The van der Waals surface area contributed by atoms with Crippen LogP contribution in [0, 0.1) is 12.3 Å². The van der Waals surface area contributed by atoms with Gasteiger partial charge in [-0.3, -0.25) is 0 Å². The second-order valence-corrected chi connectivity index (χ2v) is 4.45. The van der Waals surface area contributed by atoms with Crippen LogP contribution in [0.1, 0.15) is 32.3 Å². The Bertz CT molecular complexity index is 388. The third-order valence-corrected chi connectivity index (χ3v) is 3.57. The fraction of sp³-hybridized carbons (Fsp3) is 0.467. The van der Waals surface area contributed by atoms with Gasteiger partial charge in [0.05, 0.1) is 5.41 Å². The van der Waals surface area contributed by atoms with Crippen molar-refractivity contribution < 1.29 is 0 Å². The highest BCUT2D eigenvalue weighted by Crippen LogP contribution is 2.47. The molecule has 0 amide bonds. The zero-order valence-corrected chi connectivity index (χ0v) is 10.2. The molecule has 0 heterocycles. The summed E-state index contributed by atoms with van der Waals surface area (Å²) < 4.78 is 0. The minimum Gasteiger partial charge on any atom is -0.372 e. The van der Waals surface area contributed by atoms with Crippen molar-refractivity contribution in [3.05, 3.63) is 29.8 Å². The number of terminal acetylenes is 1. The molecule has 0 atom stereocenters. The van der Waals surface area contributed by atoms with Crippen LogP contribution in [-0.4, -0.2) is 13.1 Å².